The lowest BCUT2D eigenvalue weighted by Gasteiger charge is -2.35. The van der Waals surface area contributed by atoms with E-state index in [1.54, 1.807) is 4.90 Å². The molecule has 1 atom stereocenters. The molecule has 1 fully saturated rings. The van der Waals surface area contributed by atoms with Gasteiger partial charge in [0.25, 0.3) is 6.47 Å². The van der Waals surface area contributed by atoms with E-state index >= 15 is 0 Å². The van der Waals surface area contributed by atoms with Crippen molar-refractivity contribution in [1.29, 1.82) is 0 Å². The van der Waals surface area contributed by atoms with Crippen molar-refractivity contribution in [2.24, 2.45) is 5.41 Å². The smallest absolute Gasteiger partial charge is 0.320 e. The first-order valence-electron chi connectivity index (χ1n) is 11.9. The third kappa shape index (κ3) is 11.4. The maximum atomic E-state index is 12.4. The first kappa shape index (κ1) is 30.0. The summed E-state index contributed by atoms with van der Waals surface area (Å²) >= 11 is 0. The van der Waals surface area contributed by atoms with Crippen LogP contribution >= 0.6 is 0 Å². The molecule has 1 unspecified atom stereocenters. The second kappa shape index (κ2) is 15.0. The molecule has 1 aliphatic rings. The molecule has 0 saturated carbocycles. The van der Waals surface area contributed by atoms with Crippen LogP contribution < -0.4 is 0 Å². The van der Waals surface area contributed by atoms with Gasteiger partial charge in [-0.1, -0.05) is 27.7 Å². The SMILES string of the molecule is CCN1CCN(COC=O)CCN(C(CCC(=O)C(C)(C)C)C(=O)O)CCN(CC(=O)O)CC1. The van der Waals surface area contributed by atoms with Gasteiger partial charge in [0.2, 0.25) is 0 Å². The topological polar surface area (TPSA) is 131 Å². The standard InChI is InChI=1S/C23H42N4O7/c1-5-24-8-10-25(16-21(30)31)12-14-27(15-13-26(11-9-24)17-34-18-28)19(22(32)33)6-7-20(29)23(2,3)4/h18-19H,5-17H2,1-4H3,(H,30,31)(H,32,33). The molecule has 1 rings (SSSR count). The van der Waals surface area contributed by atoms with Crippen LogP contribution in [0.3, 0.4) is 0 Å². The summed E-state index contributed by atoms with van der Waals surface area (Å²) in [5.74, 6) is -1.93. The van der Waals surface area contributed by atoms with Crippen LogP contribution in [0.5, 0.6) is 0 Å². The Bertz CT molecular complexity index is 668. The Morgan fingerprint density at radius 1 is 0.912 bits per heavy atom. The minimum atomic E-state index is -1.01. The molecule has 0 aromatic heterocycles. The van der Waals surface area contributed by atoms with E-state index in [0.29, 0.717) is 58.8 Å². The summed E-state index contributed by atoms with van der Waals surface area (Å²) in [5.41, 5.74) is -0.544. The van der Waals surface area contributed by atoms with E-state index in [1.807, 2.05) is 37.5 Å². The molecule has 11 heteroatoms. The van der Waals surface area contributed by atoms with Crippen molar-refractivity contribution < 1.29 is 34.1 Å². The molecular weight excluding hydrogens is 444 g/mol. The van der Waals surface area contributed by atoms with E-state index < -0.39 is 23.4 Å². The predicted molar refractivity (Wildman–Crippen MR) is 126 cm³/mol. The number of carboxylic acids is 2. The Balaban J connectivity index is 3.07. The summed E-state index contributed by atoms with van der Waals surface area (Å²) in [6, 6.07) is -0.873. The highest BCUT2D eigenvalue weighted by molar-refractivity contribution is 5.84. The number of ketones is 1. The van der Waals surface area contributed by atoms with E-state index in [4.69, 9.17) is 4.74 Å². The maximum absolute atomic E-state index is 12.4. The zero-order chi connectivity index (χ0) is 25.7. The van der Waals surface area contributed by atoms with Crippen molar-refractivity contribution in [3.05, 3.63) is 0 Å². The Morgan fingerprint density at radius 2 is 1.44 bits per heavy atom. The Labute approximate surface area is 202 Å². The van der Waals surface area contributed by atoms with Crippen LogP contribution in [0, 0.1) is 5.41 Å². The average molecular weight is 487 g/mol. The number of hydrogen-bond donors (Lipinski definition) is 2. The van der Waals surface area contributed by atoms with E-state index in [2.05, 4.69) is 4.90 Å². The van der Waals surface area contributed by atoms with Gasteiger partial charge in [0, 0.05) is 64.2 Å². The molecule has 0 bridgehead atoms. The zero-order valence-electron chi connectivity index (χ0n) is 21.1. The van der Waals surface area contributed by atoms with Gasteiger partial charge < -0.3 is 19.8 Å². The maximum Gasteiger partial charge on any atom is 0.320 e. The molecular formula is C23H42N4O7. The van der Waals surface area contributed by atoms with Crippen LogP contribution in [0.2, 0.25) is 0 Å². The molecule has 0 spiro atoms. The van der Waals surface area contributed by atoms with E-state index in [1.165, 1.54) is 0 Å². The van der Waals surface area contributed by atoms with Crippen LogP contribution in [0.15, 0.2) is 0 Å². The number of carbonyl (C=O) groups excluding carboxylic acids is 2. The van der Waals surface area contributed by atoms with Crippen LogP contribution in [0.1, 0.15) is 40.5 Å². The number of rotatable bonds is 11. The highest BCUT2D eigenvalue weighted by Crippen LogP contribution is 2.20. The summed E-state index contributed by atoms with van der Waals surface area (Å²) in [7, 11) is 0. The molecule has 11 nitrogen and oxygen atoms in total. The fourth-order valence-corrected chi connectivity index (χ4v) is 3.90. The van der Waals surface area contributed by atoms with E-state index in [9.17, 15) is 29.4 Å². The fourth-order valence-electron chi connectivity index (χ4n) is 3.90. The van der Waals surface area contributed by atoms with Gasteiger partial charge >= 0.3 is 11.9 Å². The average Bonchev–Trinajstić information content (AvgIpc) is 2.74. The normalized spacial score (nSPS) is 19.5. The summed E-state index contributed by atoms with van der Waals surface area (Å²) in [5, 5.41) is 19.3. The summed E-state index contributed by atoms with van der Waals surface area (Å²) in [4.78, 5) is 54.5. The second-order valence-corrected chi connectivity index (χ2v) is 9.72. The highest BCUT2D eigenvalue weighted by Gasteiger charge is 2.30. The zero-order valence-corrected chi connectivity index (χ0v) is 21.1. The summed E-state index contributed by atoms with van der Waals surface area (Å²) < 4.78 is 4.96. The van der Waals surface area contributed by atoms with Gasteiger partial charge in [0.05, 0.1) is 6.54 Å². The quantitative estimate of drug-likeness (QED) is 0.391. The lowest BCUT2D eigenvalue weighted by atomic mass is 9.87. The van der Waals surface area contributed by atoms with Crippen LogP contribution in [-0.4, -0.2) is 132 Å². The molecule has 0 aromatic carbocycles. The van der Waals surface area contributed by atoms with Gasteiger partial charge in [-0.3, -0.25) is 33.9 Å². The van der Waals surface area contributed by atoms with Crippen molar-refractivity contribution in [2.45, 2.75) is 46.6 Å². The first-order chi connectivity index (χ1) is 16.0. The third-order valence-corrected chi connectivity index (χ3v) is 6.21. The molecule has 34 heavy (non-hydrogen) atoms. The fraction of sp³-hybridized carbons (Fsp3) is 0.826. The molecule has 0 aromatic rings. The number of hydrogen-bond acceptors (Lipinski definition) is 9. The number of ether oxygens (including phenoxy) is 1. The Morgan fingerprint density at radius 3 is 1.94 bits per heavy atom. The lowest BCUT2D eigenvalue weighted by Crippen LogP contribution is -2.51. The molecule has 1 heterocycles. The van der Waals surface area contributed by atoms with Gasteiger partial charge in [-0.05, 0) is 13.0 Å². The number of carbonyl (C=O) groups is 4. The minimum Gasteiger partial charge on any atom is -0.480 e. The highest BCUT2D eigenvalue weighted by atomic mass is 16.5. The number of nitrogens with zero attached hydrogens (tertiary/aromatic N) is 4. The molecule has 0 aliphatic carbocycles. The largest absolute Gasteiger partial charge is 0.480 e. The number of likely N-dealkylation sites (N-methyl/N-ethyl adjacent to an activating group) is 1. The molecule has 196 valence electrons. The van der Waals surface area contributed by atoms with Gasteiger partial charge in [0.1, 0.15) is 18.6 Å². The predicted octanol–water partition coefficient (Wildman–Crippen LogP) is 0.292. The van der Waals surface area contributed by atoms with E-state index in [0.717, 1.165) is 6.54 Å². The number of aliphatic carboxylic acids is 2. The van der Waals surface area contributed by atoms with Crippen molar-refractivity contribution in [2.75, 3.05) is 72.2 Å². The second-order valence-electron chi connectivity index (χ2n) is 9.72. The minimum absolute atomic E-state index is 0.00118. The number of carboxylic acid groups (broad SMARTS) is 2. The molecule has 0 amide bonds. The number of Topliss-reactive ketones (excluding diaryl/α,β-unsaturated/α-hetero) is 1. The molecule has 1 aliphatic heterocycles. The summed E-state index contributed by atoms with van der Waals surface area (Å²) in [6.07, 6.45) is 0.331. The lowest BCUT2D eigenvalue weighted by molar-refractivity contribution is -0.145. The summed E-state index contributed by atoms with van der Waals surface area (Å²) in [6.45, 7) is 12.8. The monoisotopic (exact) mass is 486 g/mol. The van der Waals surface area contributed by atoms with E-state index in [-0.39, 0.29) is 31.9 Å². The van der Waals surface area contributed by atoms with Crippen molar-refractivity contribution >= 4 is 24.2 Å². The van der Waals surface area contributed by atoms with Crippen LogP contribution in [0.25, 0.3) is 0 Å². The van der Waals surface area contributed by atoms with Crippen molar-refractivity contribution in [3.63, 3.8) is 0 Å². The van der Waals surface area contributed by atoms with Crippen molar-refractivity contribution in [1.82, 2.24) is 19.6 Å². The molecule has 2 N–H and O–H groups in total. The van der Waals surface area contributed by atoms with Gasteiger partial charge in [0.15, 0.2) is 0 Å². The van der Waals surface area contributed by atoms with Gasteiger partial charge in [-0.2, -0.15) is 0 Å². The molecule has 0 radical (unpaired) electrons. The Kier molecular flexibility index (Phi) is 13.2. The van der Waals surface area contributed by atoms with Gasteiger partial charge in [-0.15, -0.1) is 0 Å². The van der Waals surface area contributed by atoms with Crippen molar-refractivity contribution in [3.8, 4) is 0 Å². The Hall–Kier alpha value is -2.08. The van der Waals surface area contributed by atoms with Crippen LogP contribution in [0.4, 0.5) is 0 Å². The van der Waals surface area contributed by atoms with Gasteiger partial charge in [-0.25, -0.2) is 0 Å². The first-order valence-corrected chi connectivity index (χ1v) is 11.9. The molecule has 1 saturated heterocycles. The van der Waals surface area contributed by atoms with Crippen LogP contribution in [-0.2, 0) is 23.9 Å². The third-order valence-electron chi connectivity index (χ3n) is 6.21.